The Hall–Kier alpha value is -2.92. The molecule has 4 nitrogen and oxygen atoms in total. The summed E-state index contributed by atoms with van der Waals surface area (Å²) in [6.07, 6.45) is 6.30. The molecular weight excluding hydrogens is 352 g/mol. The van der Waals surface area contributed by atoms with Crippen molar-refractivity contribution in [3.63, 3.8) is 0 Å². The molecule has 1 aliphatic rings. The van der Waals surface area contributed by atoms with Crippen LogP contribution in [-0.4, -0.2) is 23.1 Å². The highest BCUT2D eigenvalue weighted by Crippen LogP contribution is 2.31. The second-order valence-corrected chi connectivity index (χ2v) is 7.66. The summed E-state index contributed by atoms with van der Waals surface area (Å²) < 4.78 is 0. The standard InChI is InChI=1S/C22H20N4S/c1-2-13-26(12-1)18-8-6-16(7-9-18)21-15-27-22(25-21)24-20-5-3-4-17-14-23-11-10-19(17)20/h3-11,14-15H,1-2,12-13H2,(H,24,25). The topological polar surface area (TPSA) is 41.1 Å². The zero-order valence-electron chi connectivity index (χ0n) is 14.9. The maximum absolute atomic E-state index is 4.79. The lowest BCUT2D eigenvalue weighted by molar-refractivity contribution is 0.949. The summed E-state index contributed by atoms with van der Waals surface area (Å²) in [5.41, 5.74) is 4.54. The maximum Gasteiger partial charge on any atom is 0.187 e. The lowest BCUT2D eigenvalue weighted by Gasteiger charge is -2.17. The number of fused-ring (bicyclic) bond motifs is 1. The Morgan fingerprint density at radius 2 is 1.81 bits per heavy atom. The minimum Gasteiger partial charge on any atom is -0.372 e. The third kappa shape index (κ3) is 3.26. The number of pyridine rings is 1. The van der Waals surface area contributed by atoms with Gasteiger partial charge in [-0.15, -0.1) is 11.3 Å². The normalized spacial score (nSPS) is 14.0. The third-order valence-corrected chi connectivity index (χ3v) is 5.82. The quantitative estimate of drug-likeness (QED) is 0.499. The van der Waals surface area contributed by atoms with E-state index in [2.05, 4.69) is 57.0 Å². The van der Waals surface area contributed by atoms with Gasteiger partial charge in [0.25, 0.3) is 0 Å². The smallest absolute Gasteiger partial charge is 0.187 e. The van der Waals surface area contributed by atoms with Gasteiger partial charge in [-0.2, -0.15) is 0 Å². The molecule has 3 heterocycles. The van der Waals surface area contributed by atoms with E-state index in [9.17, 15) is 0 Å². The second kappa shape index (κ2) is 7.00. The number of hydrogen-bond acceptors (Lipinski definition) is 5. The Labute approximate surface area is 162 Å². The van der Waals surface area contributed by atoms with Crippen LogP contribution in [0.2, 0.25) is 0 Å². The Balaban J connectivity index is 1.38. The highest BCUT2D eigenvalue weighted by molar-refractivity contribution is 7.14. The van der Waals surface area contributed by atoms with Crippen LogP contribution in [0.4, 0.5) is 16.5 Å². The number of benzene rings is 2. The van der Waals surface area contributed by atoms with Crippen LogP contribution in [0.5, 0.6) is 0 Å². The molecule has 0 amide bonds. The molecule has 4 aromatic rings. The largest absolute Gasteiger partial charge is 0.372 e. The van der Waals surface area contributed by atoms with E-state index in [4.69, 9.17) is 4.98 Å². The van der Waals surface area contributed by atoms with Crippen molar-refractivity contribution in [2.75, 3.05) is 23.3 Å². The molecule has 0 radical (unpaired) electrons. The molecule has 0 spiro atoms. The third-order valence-electron chi connectivity index (χ3n) is 5.06. The molecule has 1 N–H and O–H groups in total. The van der Waals surface area contributed by atoms with E-state index in [1.54, 1.807) is 11.3 Å². The molecule has 0 aliphatic carbocycles. The molecule has 134 valence electrons. The molecule has 0 saturated carbocycles. The van der Waals surface area contributed by atoms with Crippen LogP contribution in [0.15, 0.2) is 66.3 Å². The van der Waals surface area contributed by atoms with Gasteiger partial charge >= 0.3 is 0 Å². The van der Waals surface area contributed by atoms with Gasteiger partial charge in [-0.1, -0.05) is 24.3 Å². The van der Waals surface area contributed by atoms with Gasteiger partial charge in [0, 0.05) is 58.6 Å². The zero-order chi connectivity index (χ0) is 18.1. The molecule has 0 bridgehead atoms. The number of nitrogens with one attached hydrogen (secondary N) is 1. The molecule has 5 rings (SSSR count). The summed E-state index contributed by atoms with van der Waals surface area (Å²) in [5, 5.41) is 8.75. The van der Waals surface area contributed by atoms with Gasteiger partial charge in [0.1, 0.15) is 0 Å². The van der Waals surface area contributed by atoms with Crippen molar-refractivity contribution in [3.8, 4) is 11.3 Å². The molecule has 5 heteroatoms. The van der Waals surface area contributed by atoms with E-state index >= 15 is 0 Å². The number of rotatable bonds is 4. The van der Waals surface area contributed by atoms with Crippen molar-refractivity contribution in [2.24, 2.45) is 0 Å². The summed E-state index contributed by atoms with van der Waals surface area (Å²) in [5.74, 6) is 0. The van der Waals surface area contributed by atoms with Gasteiger partial charge in [0.15, 0.2) is 5.13 Å². The predicted octanol–water partition coefficient (Wildman–Crippen LogP) is 5.70. The number of anilines is 3. The van der Waals surface area contributed by atoms with Crippen molar-refractivity contribution in [1.82, 2.24) is 9.97 Å². The van der Waals surface area contributed by atoms with Gasteiger partial charge < -0.3 is 10.2 Å². The van der Waals surface area contributed by atoms with E-state index in [1.165, 1.54) is 31.6 Å². The fourth-order valence-corrected chi connectivity index (χ4v) is 4.36. The molecule has 0 atom stereocenters. The van der Waals surface area contributed by atoms with Crippen molar-refractivity contribution >= 4 is 38.6 Å². The van der Waals surface area contributed by atoms with Crippen LogP contribution in [0.3, 0.4) is 0 Å². The van der Waals surface area contributed by atoms with Crippen LogP contribution < -0.4 is 10.2 Å². The summed E-state index contributed by atoms with van der Waals surface area (Å²) in [7, 11) is 0. The average Bonchev–Trinajstić information content (AvgIpc) is 3.41. The first-order valence-corrected chi connectivity index (χ1v) is 10.2. The second-order valence-electron chi connectivity index (χ2n) is 6.81. The van der Waals surface area contributed by atoms with Crippen LogP contribution >= 0.6 is 11.3 Å². The fraction of sp³-hybridized carbons (Fsp3) is 0.182. The minimum absolute atomic E-state index is 0.901. The Bertz CT molecular complexity index is 1060. The molecule has 2 aromatic carbocycles. The molecule has 0 unspecified atom stereocenters. The lowest BCUT2D eigenvalue weighted by atomic mass is 10.1. The van der Waals surface area contributed by atoms with Gasteiger partial charge in [-0.05, 0) is 37.1 Å². The minimum atomic E-state index is 0.901. The highest BCUT2D eigenvalue weighted by Gasteiger charge is 2.13. The van der Waals surface area contributed by atoms with Crippen LogP contribution in [0.1, 0.15) is 12.8 Å². The zero-order valence-corrected chi connectivity index (χ0v) is 15.7. The van der Waals surface area contributed by atoms with Crippen molar-refractivity contribution in [2.45, 2.75) is 12.8 Å². The number of aromatic nitrogens is 2. The highest BCUT2D eigenvalue weighted by atomic mass is 32.1. The van der Waals surface area contributed by atoms with Gasteiger partial charge in [-0.3, -0.25) is 4.98 Å². The molecule has 2 aromatic heterocycles. The molecule has 27 heavy (non-hydrogen) atoms. The molecule has 1 aliphatic heterocycles. The SMILES string of the molecule is c1cc(Nc2nc(-c3ccc(N4CCCC4)cc3)cs2)c2ccncc2c1. The summed E-state index contributed by atoms with van der Waals surface area (Å²) in [6.45, 7) is 2.34. The van der Waals surface area contributed by atoms with Crippen LogP contribution in [0.25, 0.3) is 22.0 Å². The van der Waals surface area contributed by atoms with Crippen molar-refractivity contribution in [1.29, 1.82) is 0 Å². The first-order chi connectivity index (χ1) is 13.4. The summed E-state index contributed by atoms with van der Waals surface area (Å²) in [6, 6.07) is 17.0. The van der Waals surface area contributed by atoms with E-state index in [1.807, 2.05) is 24.5 Å². The first-order valence-electron chi connectivity index (χ1n) is 9.27. The van der Waals surface area contributed by atoms with Gasteiger partial charge in [0.05, 0.1) is 5.69 Å². The van der Waals surface area contributed by atoms with Crippen molar-refractivity contribution < 1.29 is 0 Å². The van der Waals surface area contributed by atoms with E-state index in [0.29, 0.717) is 0 Å². The van der Waals surface area contributed by atoms with E-state index in [0.717, 1.165) is 32.8 Å². The number of thiazole rings is 1. The van der Waals surface area contributed by atoms with Crippen LogP contribution in [0, 0.1) is 0 Å². The van der Waals surface area contributed by atoms with E-state index < -0.39 is 0 Å². The molecule has 1 saturated heterocycles. The maximum atomic E-state index is 4.79. The Kier molecular flexibility index (Phi) is 4.22. The molecular formula is C22H20N4S. The molecule has 1 fully saturated rings. The van der Waals surface area contributed by atoms with E-state index in [-0.39, 0.29) is 0 Å². The van der Waals surface area contributed by atoms with Gasteiger partial charge in [0.2, 0.25) is 0 Å². The Morgan fingerprint density at radius 1 is 0.963 bits per heavy atom. The first kappa shape index (κ1) is 16.3. The summed E-state index contributed by atoms with van der Waals surface area (Å²) >= 11 is 1.63. The Morgan fingerprint density at radius 3 is 2.67 bits per heavy atom. The lowest BCUT2D eigenvalue weighted by Crippen LogP contribution is -2.17. The number of nitrogens with zero attached hydrogens (tertiary/aromatic N) is 3. The van der Waals surface area contributed by atoms with Crippen LogP contribution in [-0.2, 0) is 0 Å². The number of hydrogen-bond donors (Lipinski definition) is 1. The summed E-state index contributed by atoms with van der Waals surface area (Å²) in [4.78, 5) is 11.4. The van der Waals surface area contributed by atoms with Gasteiger partial charge in [-0.25, -0.2) is 4.98 Å². The predicted molar refractivity (Wildman–Crippen MR) is 114 cm³/mol. The average molecular weight is 372 g/mol. The monoisotopic (exact) mass is 372 g/mol. The van der Waals surface area contributed by atoms with Crippen molar-refractivity contribution in [3.05, 3.63) is 66.3 Å². The fourth-order valence-electron chi connectivity index (χ4n) is 3.63.